The number of nitrogens with two attached hydrogens (primary N) is 3. The van der Waals surface area contributed by atoms with Gasteiger partial charge in [0, 0.05) is 65.3 Å². The fourth-order valence-electron chi connectivity index (χ4n) is 8.58. The van der Waals surface area contributed by atoms with Crippen molar-refractivity contribution in [3.63, 3.8) is 0 Å². The molecule has 1 unspecified atom stereocenters. The van der Waals surface area contributed by atoms with Crippen LogP contribution in [0.4, 0.5) is 17.8 Å². The molecule has 2 fully saturated rings. The minimum atomic E-state index is -0.693. The van der Waals surface area contributed by atoms with E-state index in [1.54, 1.807) is 39.8 Å². The van der Waals surface area contributed by atoms with Gasteiger partial charge in [0.1, 0.15) is 24.4 Å². The molecule has 0 spiro atoms. The average Bonchev–Trinajstić information content (AvgIpc) is 4.10. The third kappa shape index (κ3) is 17.2. The summed E-state index contributed by atoms with van der Waals surface area (Å²) in [6, 6.07) is 5.02. The number of phenols is 1. The number of terminal acetylenes is 1. The Kier molecular flexibility index (Phi) is 23.8. The van der Waals surface area contributed by atoms with Crippen LogP contribution < -0.4 is 32.3 Å². The molecule has 4 aromatic rings. The Bertz CT molecular complexity index is 2300. The Morgan fingerprint density at radius 3 is 1.89 bits per heavy atom. The predicted molar refractivity (Wildman–Crippen MR) is 280 cm³/mol. The Balaban J connectivity index is 0.00000988. The molecule has 2 aliphatic rings. The number of unbranched alkanes of at least 4 members (excludes halogenated alkanes) is 1. The van der Waals surface area contributed by atoms with Gasteiger partial charge < -0.3 is 61.4 Å². The average molecular weight is 1040 g/mol. The number of aromatic nitrogens is 9. The summed E-state index contributed by atoms with van der Waals surface area (Å²) in [6.07, 6.45) is 12.9. The molecule has 0 saturated carbocycles. The van der Waals surface area contributed by atoms with Crippen molar-refractivity contribution in [2.45, 2.75) is 90.4 Å². The first-order valence-electron chi connectivity index (χ1n) is 25.5. The summed E-state index contributed by atoms with van der Waals surface area (Å²) in [4.78, 5) is 51.3. The van der Waals surface area contributed by atoms with Crippen LogP contribution in [0.5, 0.6) is 5.75 Å². The summed E-state index contributed by atoms with van der Waals surface area (Å²) in [6.45, 7) is 15.2. The first-order chi connectivity index (χ1) is 34.9. The van der Waals surface area contributed by atoms with Gasteiger partial charge in [0.05, 0.1) is 68.9 Å². The lowest BCUT2D eigenvalue weighted by Crippen LogP contribution is -2.52. The van der Waals surface area contributed by atoms with Crippen molar-refractivity contribution in [1.82, 2.24) is 54.7 Å². The maximum absolute atomic E-state index is 14.5. The molecular weight excluding hydrogens is 958 g/mol. The van der Waals surface area contributed by atoms with Crippen molar-refractivity contribution in [2.75, 3.05) is 120 Å². The number of halogens is 1. The van der Waals surface area contributed by atoms with E-state index in [2.05, 4.69) is 69.4 Å². The summed E-state index contributed by atoms with van der Waals surface area (Å²) in [5.41, 5.74) is 21.0. The molecule has 2 aliphatic heterocycles. The lowest BCUT2D eigenvalue weighted by atomic mass is 9.98. The Labute approximate surface area is 435 Å². The van der Waals surface area contributed by atoms with Gasteiger partial charge in [-0.3, -0.25) is 9.59 Å². The van der Waals surface area contributed by atoms with Crippen LogP contribution in [-0.2, 0) is 30.2 Å². The molecule has 1 aromatic carbocycles. The summed E-state index contributed by atoms with van der Waals surface area (Å²) in [7, 11) is 0. The number of anilines is 3. The molecule has 0 radical (unpaired) electrons. The van der Waals surface area contributed by atoms with Crippen molar-refractivity contribution in [3.05, 3.63) is 53.6 Å². The second kappa shape index (κ2) is 29.8. The van der Waals surface area contributed by atoms with Crippen LogP contribution in [0.25, 0.3) is 0 Å². The number of carbonyl (C=O) groups excluding carboxylic acids is 2. The number of nitrogens with zero attached hydrogens (tertiary/aromatic N) is 13. The van der Waals surface area contributed by atoms with E-state index >= 15 is 0 Å². The smallest absolute Gasteiger partial charge is 0.247 e. The lowest BCUT2D eigenvalue weighted by Gasteiger charge is -2.38. The molecule has 73 heavy (non-hydrogen) atoms. The zero-order valence-corrected chi connectivity index (χ0v) is 43.8. The second-order valence-corrected chi connectivity index (χ2v) is 18.9. The molecule has 2 saturated heterocycles. The van der Waals surface area contributed by atoms with Gasteiger partial charge in [-0.25, -0.2) is 9.36 Å². The van der Waals surface area contributed by atoms with Gasteiger partial charge in [0.25, 0.3) is 0 Å². The Morgan fingerprint density at radius 2 is 1.32 bits per heavy atom. The highest BCUT2D eigenvalue weighted by atomic mass is 35.5. The van der Waals surface area contributed by atoms with Crippen LogP contribution in [0.2, 0.25) is 0 Å². The zero-order chi connectivity index (χ0) is 51.4. The summed E-state index contributed by atoms with van der Waals surface area (Å²) >= 11 is 0. The predicted octanol–water partition coefficient (Wildman–Crippen LogP) is 2.52. The lowest BCUT2D eigenvalue weighted by molar-refractivity contribution is -0.136. The van der Waals surface area contributed by atoms with Crippen molar-refractivity contribution in [3.8, 4) is 18.1 Å². The van der Waals surface area contributed by atoms with E-state index in [1.807, 2.05) is 16.0 Å². The third-order valence-electron chi connectivity index (χ3n) is 13.1. The molecular formula is C49H78ClN17O6. The molecule has 3 aromatic heterocycles. The van der Waals surface area contributed by atoms with E-state index in [1.165, 1.54) is 0 Å². The fraction of sp³-hybridized carbons (Fsp3) is 0.653. The maximum atomic E-state index is 14.5. The number of piperazine rings is 2. The second-order valence-electron chi connectivity index (χ2n) is 18.9. The van der Waals surface area contributed by atoms with Gasteiger partial charge in [-0.15, -0.1) is 29.0 Å². The van der Waals surface area contributed by atoms with Crippen LogP contribution in [0.1, 0.15) is 101 Å². The highest BCUT2D eigenvalue weighted by molar-refractivity contribution is 5.85. The molecule has 6 rings (SSSR count). The van der Waals surface area contributed by atoms with Gasteiger partial charge >= 0.3 is 0 Å². The topological polar surface area (TPSA) is 285 Å². The number of amides is 2. The van der Waals surface area contributed by atoms with Crippen LogP contribution in [0.15, 0.2) is 36.7 Å². The largest absolute Gasteiger partial charge is 0.508 e. The minimum absolute atomic E-state index is 0. The number of phenolic OH excluding ortho intramolecular Hbond substituents is 1. The van der Waals surface area contributed by atoms with Gasteiger partial charge in [0.15, 0.2) is 0 Å². The van der Waals surface area contributed by atoms with Gasteiger partial charge in [-0.1, -0.05) is 62.6 Å². The molecule has 5 atom stereocenters. The molecule has 24 heteroatoms. The SMILES string of the molecule is C#CCOCCOCCOCCNc1nc(N2CCN(C(=O)[C@H](Cc3ccc(O)cc3)n3cc([C@@H](N)C(C)CC)nn3)CC2)nc(N2CCN(C(=O)[C@H](CCCCN)n3cc([C@@H](N)CC(C)C)nn3)CC2)n1.Cl. The van der Waals surface area contributed by atoms with E-state index < -0.39 is 12.1 Å². The van der Waals surface area contributed by atoms with Gasteiger partial charge in [-0.2, -0.15) is 15.0 Å². The van der Waals surface area contributed by atoms with Crippen LogP contribution in [-0.4, -0.2) is 177 Å². The maximum Gasteiger partial charge on any atom is 0.247 e. The van der Waals surface area contributed by atoms with E-state index in [-0.39, 0.29) is 54.6 Å². The molecule has 2 amide bonds. The number of ether oxygens (including phenoxy) is 3. The monoisotopic (exact) mass is 1040 g/mol. The van der Waals surface area contributed by atoms with Crippen LogP contribution in [0.3, 0.4) is 0 Å². The molecule has 402 valence electrons. The third-order valence-corrected chi connectivity index (χ3v) is 13.1. The number of hydrogen-bond donors (Lipinski definition) is 5. The summed E-state index contributed by atoms with van der Waals surface area (Å²) in [5.74, 6) is 4.32. The summed E-state index contributed by atoms with van der Waals surface area (Å²) in [5, 5.41) is 30.8. The molecule has 5 heterocycles. The fourth-order valence-corrected chi connectivity index (χ4v) is 8.58. The Hall–Kier alpha value is -5.74. The van der Waals surface area contributed by atoms with E-state index in [0.717, 1.165) is 31.2 Å². The van der Waals surface area contributed by atoms with E-state index in [9.17, 15) is 14.7 Å². The van der Waals surface area contributed by atoms with Gasteiger partial charge in [0.2, 0.25) is 29.7 Å². The standard InChI is InChI=1S/C49H77N17O6.ClH/c1-6-25-70-27-29-72-30-28-71-26-16-53-47-54-48(63-21-17-61(18-22-63)45(68)42(10-8-9-15-50)65-33-40(57-59-65)39(51)31-35(3)4)56-49(55-47)64-23-19-62(20-24-64)46(69)43(32-37-11-13-38(67)14-12-37)66-34-41(58-60-66)44(52)36(5)7-2;/h1,11-14,33-36,39,42-44,67H,7-10,15-32,50-52H2,2-5H3,(H,53,54,55,56);1H/t36?,39-,42-,43-,44-;/m0./s1. The van der Waals surface area contributed by atoms with E-state index in [0.29, 0.717) is 146 Å². The van der Waals surface area contributed by atoms with Crippen molar-refractivity contribution in [1.29, 1.82) is 0 Å². The normalized spacial score (nSPS) is 16.2. The molecule has 0 bridgehead atoms. The van der Waals surface area contributed by atoms with Crippen molar-refractivity contribution >= 4 is 42.1 Å². The number of aromatic hydroxyl groups is 1. The summed E-state index contributed by atoms with van der Waals surface area (Å²) < 4.78 is 19.9. The number of rotatable bonds is 29. The first kappa shape index (κ1) is 58.2. The Morgan fingerprint density at radius 1 is 0.767 bits per heavy atom. The molecule has 0 aliphatic carbocycles. The number of hydrogen-bond acceptors (Lipinski definition) is 19. The van der Waals surface area contributed by atoms with Crippen molar-refractivity contribution in [2.24, 2.45) is 29.0 Å². The molecule has 8 N–H and O–H groups in total. The van der Waals surface area contributed by atoms with Crippen LogP contribution in [0, 0.1) is 24.2 Å². The number of benzene rings is 1. The highest BCUT2D eigenvalue weighted by Crippen LogP contribution is 2.27. The first-order valence-corrected chi connectivity index (χ1v) is 25.5. The minimum Gasteiger partial charge on any atom is -0.508 e. The van der Waals surface area contributed by atoms with Gasteiger partial charge in [-0.05, 0) is 61.8 Å². The molecule has 23 nitrogen and oxygen atoms in total. The zero-order valence-electron chi connectivity index (χ0n) is 43.0. The number of nitrogens with one attached hydrogen (secondary N) is 1. The number of carbonyl (C=O) groups is 2. The van der Waals surface area contributed by atoms with E-state index in [4.69, 9.17) is 52.8 Å². The van der Waals surface area contributed by atoms with Crippen molar-refractivity contribution < 1.29 is 28.9 Å². The van der Waals surface area contributed by atoms with Crippen LogP contribution >= 0.6 is 12.4 Å². The highest BCUT2D eigenvalue weighted by Gasteiger charge is 2.34. The quantitative estimate of drug-likeness (QED) is 0.0386.